The van der Waals surface area contributed by atoms with Gasteiger partial charge in [-0.2, -0.15) is 0 Å². The van der Waals surface area contributed by atoms with Crippen molar-refractivity contribution >= 4 is 5.91 Å². The Labute approximate surface area is 139 Å². The second-order valence-electron chi connectivity index (χ2n) is 5.88. The number of hydrogen-bond acceptors (Lipinski definition) is 2. The maximum atomic E-state index is 12.8. The van der Waals surface area contributed by atoms with E-state index in [1.807, 2.05) is 48.3 Å². The summed E-state index contributed by atoms with van der Waals surface area (Å²) in [6, 6.07) is 20.1. The van der Waals surface area contributed by atoms with Crippen LogP contribution in [0.2, 0.25) is 0 Å². The van der Waals surface area contributed by atoms with Gasteiger partial charge in [-0.15, -0.1) is 0 Å². The monoisotopic (exact) mass is 310 g/mol. The summed E-state index contributed by atoms with van der Waals surface area (Å²) in [6.07, 6.45) is 1.74. The summed E-state index contributed by atoms with van der Waals surface area (Å²) < 4.78 is 0. The summed E-state index contributed by atoms with van der Waals surface area (Å²) in [5.74, 6) is 0.145. The van der Waals surface area contributed by atoms with E-state index in [1.54, 1.807) is 0 Å². The van der Waals surface area contributed by atoms with E-state index in [1.165, 1.54) is 5.56 Å². The Balaban J connectivity index is 2.03. The van der Waals surface area contributed by atoms with Gasteiger partial charge in [0.15, 0.2) is 0 Å². The fourth-order valence-electron chi connectivity index (χ4n) is 2.62. The van der Waals surface area contributed by atoms with Crippen molar-refractivity contribution in [3.05, 3.63) is 71.8 Å². The SMILES string of the molecule is CCCNC(Cc1ccccc1)C(=O)N(C)Cc1ccccc1. The van der Waals surface area contributed by atoms with Crippen molar-refractivity contribution < 1.29 is 4.79 Å². The average Bonchev–Trinajstić information content (AvgIpc) is 2.59. The standard InChI is InChI=1S/C20H26N2O/c1-3-14-21-19(15-17-10-6-4-7-11-17)20(23)22(2)16-18-12-8-5-9-13-18/h4-13,19,21H,3,14-16H2,1-2H3. The second kappa shape index (κ2) is 9.11. The maximum absolute atomic E-state index is 12.8. The zero-order chi connectivity index (χ0) is 16.5. The lowest BCUT2D eigenvalue weighted by atomic mass is 10.0. The Morgan fingerprint density at radius 2 is 1.57 bits per heavy atom. The minimum Gasteiger partial charge on any atom is -0.340 e. The van der Waals surface area contributed by atoms with Crippen LogP contribution in [-0.4, -0.2) is 30.4 Å². The molecule has 23 heavy (non-hydrogen) atoms. The lowest BCUT2D eigenvalue weighted by Crippen LogP contribution is -2.46. The molecular weight excluding hydrogens is 284 g/mol. The molecule has 1 amide bonds. The molecule has 2 aromatic rings. The number of hydrogen-bond donors (Lipinski definition) is 1. The highest BCUT2D eigenvalue weighted by atomic mass is 16.2. The minimum atomic E-state index is -0.175. The number of nitrogens with zero attached hydrogens (tertiary/aromatic N) is 1. The zero-order valence-corrected chi connectivity index (χ0v) is 14.0. The molecule has 0 radical (unpaired) electrons. The largest absolute Gasteiger partial charge is 0.340 e. The molecule has 0 aliphatic carbocycles. The highest BCUT2D eigenvalue weighted by molar-refractivity contribution is 5.82. The van der Waals surface area contributed by atoms with Gasteiger partial charge < -0.3 is 10.2 Å². The van der Waals surface area contributed by atoms with Crippen molar-refractivity contribution in [2.45, 2.75) is 32.4 Å². The van der Waals surface area contributed by atoms with Gasteiger partial charge in [-0.3, -0.25) is 4.79 Å². The molecule has 0 spiro atoms. The van der Waals surface area contributed by atoms with Gasteiger partial charge in [0.05, 0.1) is 6.04 Å². The van der Waals surface area contributed by atoms with Crippen LogP contribution in [0.3, 0.4) is 0 Å². The van der Waals surface area contributed by atoms with Crippen molar-refractivity contribution in [2.24, 2.45) is 0 Å². The van der Waals surface area contributed by atoms with Crippen LogP contribution in [0.4, 0.5) is 0 Å². The lowest BCUT2D eigenvalue weighted by molar-refractivity contribution is -0.132. The van der Waals surface area contributed by atoms with Crippen LogP contribution in [0.1, 0.15) is 24.5 Å². The number of rotatable bonds is 8. The summed E-state index contributed by atoms with van der Waals surface area (Å²) in [5.41, 5.74) is 2.33. The number of likely N-dealkylation sites (N-methyl/N-ethyl adjacent to an activating group) is 1. The van der Waals surface area contributed by atoms with Gasteiger partial charge in [0.1, 0.15) is 0 Å². The smallest absolute Gasteiger partial charge is 0.240 e. The van der Waals surface area contributed by atoms with E-state index in [0.717, 1.165) is 24.9 Å². The van der Waals surface area contributed by atoms with E-state index in [4.69, 9.17) is 0 Å². The predicted octanol–water partition coefficient (Wildman–Crippen LogP) is 3.26. The predicted molar refractivity (Wildman–Crippen MR) is 95.1 cm³/mol. The third-order valence-corrected chi connectivity index (χ3v) is 3.86. The van der Waals surface area contributed by atoms with Crippen molar-refractivity contribution in [1.29, 1.82) is 0 Å². The van der Waals surface area contributed by atoms with Gasteiger partial charge in [0, 0.05) is 13.6 Å². The Morgan fingerprint density at radius 1 is 1.00 bits per heavy atom. The Morgan fingerprint density at radius 3 is 2.13 bits per heavy atom. The van der Waals surface area contributed by atoms with E-state index in [2.05, 4.69) is 36.5 Å². The lowest BCUT2D eigenvalue weighted by Gasteiger charge is -2.25. The fraction of sp³-hybridized carbons (Fsp3) is 0.350. The first-order chi connectivity index (χ1) is 11.2. The van der Waals surface area contributed by atoms with Gasteiger partial charge in [-0.05, 0) is 30.5 Å². The first-order valence-electron chi connectivity index (χ1n) is 8.27. The van der Waals surface area contributed by atoms with Gasteiger partial charge in [0.2, 0.25) is 5.91 Å². The molecule has 2 rings (SSSR count). The highest BCUT2D eigenvalue weighted by Gasteiger charge is 2.21. The number of carbonyl (C=O) groups is 1. The molecular formula is C20H26N2O. The average molecular weight is 310 g/mol. The topological polar surface area (TPSA) is 32.3 Å². The van der Waals surface area contributed by atoms with Gasteiger partial charge in [0.25, 0.3) is 0 Å². The van der Waals surface area contributed by atoms with Crippen LogP contribution >= 0.6 is 0 Å². The zero-order valence-electron chi connectivity index (χ0n) is 14.0. The molecule has 122 valence electrons. The molecule has 0 heterocycles. The third kappa shape index (κ3) is 5.53. The van der Waals surface area contributed by atoms with Crippen molar-refractivity contribution in [3.8, 4) is 0 Å². The van der Waals surface area contributed by atoms with E-state index >= 15 is 0 Å². The van der Waals surface area contributed by atoms with Crippen LogP contribution in [0.5, 0.6) is 0 Å². The third-order valence-electron chi connectivity index (χ3n) is 3.86. The van der Waals surface area contributed by atoms with E-state index in [-0.39, 0.29) is 11.9 Å². The number of nitrogens with one attached hydrogen (secondary N) is 1. The summed E-state index contributed by atoms with van der Waals surface area (Å²) in [7, 11) is 1.88. The Bertz CT molecular complexity index is 583. The fourth-order valence-corrected chi connectivity index (χ4v) is 2.62. The molecule has 0 saturated carbocycles. The molecule has 1 N–H and O–H groups in total. The number of benzene rings is 2. The highest BCUT2D eigenvalue weighted by Crippen LogP contribution is 2.09. The van der Waals surface area contributed by atoms with Crippen molar-refractivity contribution in [3.63, 3.8) is 0 Å². The first-order valence-corrected chi connectivity index (χ1v) is 8.27. The Hall–Kier alpha value is -2.13. The van der Waals surface area contributed by atoms with Gasteiger partial charge in [-0.25, -0.2) is 0 Å². The number of carbonyl (C=O) groups excluding carboxylic acids is 1. The van der Waals surface area contributed by atoms with Crippen LogP contribution in [0.15, 0.2) is 60.7 Å². The number of amides is 1. The molecule has 0 aliphatic heterocycles. The van der Waals surface area contributed by atoms with Gasteiger partial charge in [-0.1, -0.05) is 67.6 Å². The van der Waals surface area contributed by atoms with Gasteiger partial charge >= 0.3 is 0 Å². The Kier molecular flexibility index (Phi) is 6.82. The minimum absolute atomic E-state index is 0.145. The molecule has 0 aromatic heterocycles. The summed E-state index contributed by atoms with van der Waals surface area (Å²) >= 11 is 0. The molecule has 0 aliphatic rings. The summed E-state index contributed by atoms with van der Waals surface area (Å²) in [5, 5.41) is 3.39. The van der Waals surface area contributed by atoms with E-state index in [9.17, 15) is 4.79 Å². The molecule has 0 bridgehead atoms. The van der Waals surface area contributed by atoms with E-state index in [0.29, 0.717) is 6.54 Å². The molecule has 0 fully saturated rings. The summed E-state index contributed by atoms with van der Waals surface area (Å²) in [6.45, 7) is 3.60. The normalized spacial score (nSPS) is 11.9. The maximum Gasteiger partial charge on any atom is 0.240 e. The first kappa shape index (κ1) is 17.2. The van der Waals surface area contributed by atoms with Crippen molar-refractivity contribution in [2.75, 3.05) is 13.6 Å². The molecule has 2 aromatic carbocycles. The van der Waals surface area contributed by atoms with Crippen LogP contribution in [-0.2, 0) is 17.8 Å². The second-order valence-corrected chi connectivity index (χ2v) is 5.88. The quantitative estimate of drug-likeness (QED) is 0.812. The van der Waals surface area contributed by atoms with Crippen LogP contribution in [0.25, 0.3) is 0 Å². The van der Waals surface area contributed by atoms with Crippen LogP contribution in [0, 0.1) is 0 Å². The molecule has 0 saturated heterocycles. The summed E-state index contributed by atoms with van der Waals surface area (Å²) in [4.78, 5) is 14.6. The molecule has 3 heteroatoms. The molecule has 3 nitrogen and oxygen atoms in total. The van der Waals surface area contributed by atoms with Crippen molar-refractivity contribution in [1.82, 2.24) is 10.2 Å². The van der Waals surface area contributed by atoms with Crippen LogP contribution < -0.4 is 5.32 Å². The molecule has 1 atom stereocenters. The van der Waals surface area contributed by atoms with E-state index < -0.39 is 0 Å². The molecule has 1 unspecified atom stereocenters.